The highest BCUT2D eigenvalue weighted by Gasteiger charge is 2.42. The van der Waals surface area contributed by atoms with E-state index in [1.165, 1.54) is 22.3 Å². The van der Waals surface area contributed by atoms with Crippen LogP contribution in [0, 0.1) is 10.7 Å². The average Bonchev–Trinajstić information content (AvgIpc) is 2.82. The fourth-order valence-corrected chi connectivity index (χ4v) is 10.4. The lowest BCUT2D eigenvalue weighted by Crippen LogP contribution is -2.26. The SMILES string of the molecule is N#C[SH](Cc1ccccc1)(Cc1ccccc1)(Cc1ccccc1)Cc1ccccc1. The fourth-order valence-electron chi connectivity index (χ4n) is 4.72. The zero-order valence-electron chi connectivity index (χ0n) is 17.8. The van der Waals surface area contributed by atoms with E-state index >= 15 is 0 Å². The number of thiol groups is 1. The molecule has 0 aliphatic rings. The van der Waals surface area contributed by atoms with Crippen molar-refractivity contribution in [3.63, 3.8) is 0 Å². The van der Waals surface area contributed by atoms with Gasteiger partial charge in [-0.05, 0) is 22.3 Å². The van der Waals surface area contributed by atoms with Gasteiger partial charge < -0.3 is 0 Å². The molecule has 0 aliphatic carbocycles. The molecular formula is C29H29NS. The molecule has 0 saturated carbocycles. The van der Waals surface area contributed by atoms with E-state index in [-0.39, 0.29) is 0 Å². The molecule has 4 rings (SSSR count). The summed E-state index contributed by atoms with van der Waals surface area (Å²) < 4.78 is 0. The van der Waals surface area contributed by atoms with Gasteiger partial charge >= 0.3 is 0 Å². The highest BCUT2D eigenvalue weighted by molar-refractivity contribution is 8.50. The van der Waals surface area contributed by atoms with E-state index < -0.39 is 9.16 Å². The Kier molecular flexibility index (Phi) is 6.26. The van der Waals surface area contributed by atoms with Gasteiger partial charge in [-0.2, -0.15) is 14.4 Å². The van der Waals surface area contributed by atoms with Crippen LogP contribution in [0.4, 0.5) is 0 Å². The van der Waals surface area contributed by atoms with Gasteiger partial charge in [-0.25, -0.2) is 0 Å². The van der Waals surface area contributed by atoms with E-state index in [2.05, 4.69) is 127 Å². The monoisotopic (exact) mass is 423 g/mol. The first-order chi connectivity index (χ1) is 15.2. The molecule has 0 unspecified atom stereocenters. The van der Waals surface area contributed by atoms with Crippen molar-refractivity contribution in [2.24, 2.45) is 0 Å². The van der Waals surface area contributed by atoms with E-state index in [0.717, 1.165) is 23.0 Å². The fraction of sp³-hybridized carbons (Fsp3) is 0.138. The van der Waals surface area contributed by atoms with Crippen molar-refractivity contribution in [1.29, 1.82) is 5.26 Å². The van der Waals surface area contributed by atoms with Gasteiger partial charge in [0, 0.05) is 23.0 Å². The van der Waals surface area contributed by atoms with E-state index in [4.69, 9.17) is 0 Å². The second kappa shape index (κ2) is 9.25. The third-order valence-electron chi connectivity index (χ3n) is 6.04. The third-order valence-corrected chi connectivity index (χ3v) is 11.4. The van der Waals surface area contributed by atoms with Gasteiger partial charge in [0.05, 0.1) is 5.40 Å². The molecule has 0 atom stereocenters. The molecule has 156 valence electrons. The molecule has 4 aromatic carbocycles. The normalized spacial score (nSPS) is 12.4. The Labute approximate surface area is 186 Å². The Hall–Kier alpha value is -3.28. The Morgan fingerprint density at radius 3 is 0.839 bits per heavy atom. The van der Waals surface area contributed by atoms with Crippen LogP contribution < -0.4 is 0 Å². The second-order valence-corrected chi connectivity index (χ2v) is 14.1. The first-order valence-corrected chi connectivity index (χ1v) is 13.7. The zero-order chi connectivity index (χ0) is 21.4. The molecule has 0 aliphatic heterocycles. The summed E-state index contributed by atoms with van der Waals surface area (Å²) in [5, 5.41) is 14.1. The van der Waals surface area contributed by atoms with Gasteiger partial charge in [0.15, 0.2) is 0 Å². The van der Waals surface area contributed by atoms with Crippen LogP contribution in [0.2, 0.25) is 0 Å². The topological polar surface area (TPSA) is 23.8 Å². The van der Waals surface area contributed by atoms with Crippen LogP contribution in [-0.2, 0) is 23.0 Å². The quantitative estimate of drug-likeness (QED) is 0.233. The third kappa shape index (κ3) is 5.08. The summed E-state index contributed by atoms with van der Waals surface area (Å²) in [7, 11) is -2.99. The van der Waals surface area contributed by atoms with Crippen LogP contribution in [0.15, 0.2) is 121 Å². The Bertz CT molecular complexity index is 955. The van der Waals surface area contributed by atoms with Gasteiger partial charge in [-0.15, -0.1) is 0 Å². The minimum atomic E-state index is -2.99. The average molecular weight is 424 g/mol. The zero-order valence-corrected chi connectivity index (χ0v) is 18.7. The summed E-state index contributed by atoms with van der Waals surface area (Å²) in [6.07, 6.45) is 0. The number of nitrogens with zero attached hydrogens (tertiary/aromatic N) is 1. The van der Waals surface area contributed by atoms with Crippen molar-refractivity contribution in [2.45, 2.75) is 23.0 Å². The van der Waals surface area contributed by atoms with Gasteiger partial charge in [0.1, 0.15) is 0 Å². The Morgan fingerprint density at radius 2 is 0.645 bits per heavy atom. The van der Waals surface area contributed by atoms with Crippen LogP contribution in [-0.4, -0.2) is 0 Å². The van der Waals surface area contributed by atoms with Crippen molar-refractivity contribution in [1.82, 2.24) is 0 Å². The van der Waals surface area contributed by atoms with E-state index in [1.807, 2.05) is 0 Å². The molecule has 2 heteroatoms. The maximum Gasteiger partial charge on any atom is 0.0972 e. The molecule has 31 heavy (non-hydrogen) atoms. The molecule has 0 spiro atoms. The molecular weight excluding hydrogens is 394 g/mol. The smallest absolute Gasteiger partial charge is 0.0972 e. The van der Waals surface area contributed by atoms with Gasteiger partial charge in [0.25, 0.3) is 0 Å². The van der Waals surface area contributed by atoms with Crippen molar-refractivity contribution >= 4 is 9.16 Å². The molecule has 0 bridgehead atoms. The number of benzene rings is 4. The summed E-state index contributed by atoms with van der Waals surface area (Å²) in [5.74, 6) is 3.28. The standard InChI is InChI=1S/C29H29NS/c30-25-31(21-26-13-5-1-6-14-26,22-27-15-7-2-8-16-27,23-28-17-9-3-10-18-28)24-29-19-11-4-12-20-29/h1-20,31H,21-24H2. The Morgan fingerprint density at radius 1 is 0.419 bits per heavy atom. The van der Waals surface area contributed by atoms with Crippen molar-refractivity contribution in [2.75, 3.05) is 0 Å². The first-order valence-electron chi connectivity index (χ1n) is 10.8. The first kappa shape index (κ1) is 21.0. The maximum absolute atomic E-state index is 11.1. The lowest BCUT2D eigenvalue weighted by atomic mass is 10.2. The molecule has 0 N–H and O–H groups in total. The molecule has 4 aromatic rings. The molecule has 1 nitrogen and oxygen atoms in total. The predicted molar refractivity (Wildman–Crippen MR) is 135 cm³/mol. The van der Waals surface area contributed by atoms with Gasteiger partial charge in [0.2, 0.25) is 0 Å². The molecule has 0 saturated heterocycles. The summed E-state index contributed by atoms with van der Waals surface area (Å²) >= 11 is 0. The van der Waals surface area contributed by atoms with E-state index in [9.17, 15) is 5.26 Å². The van der Waals surface area contributed by atoms with Crippen molar-refractivity contribution < 1.29 is 0 Å². The highest BCUT2D eigenvalue weighted by atomic mass is 32.3. The molecule has 0 heterocycles. The van der Waals surface area contributed by atoms with Crippen LogP contribution >= 0.6 is 9.16 Å². The minimum absolute atomic E-state index is 0.821. The summed E-state index contributed by atoms with van der Waals surface area (Å²) in [6.45, 7) is 0. The number of rotatable bonds is 8. The number of thiocyanates is 1. The summed E-state index contributed by atoms with van der Waals surface area (Å²) in [4.78, 5) is 0. The molecule has 0 radical (unpaired) electrons. The van der Waals surface area contributed by atoms with E-state index in [1.54, 1.807) is 0 Å². The largest absolute Gasteiger partial charge is 0.197 e. The van der Waals surface area contributed by atoms with E-state index in [0.29, 0.717) is 0 Å². The predicted octanol–water partition coefficient (Wildman–Crippen LogP) is 7.34. The number of hydrogen-bond acceptors (Lipinski definition) is 1. The van der Waals surface area contributed by atoms with Crippen LogP contribution in [0.25, 0.3) is 0 Å². The van der Waals surface area contributed by atoms with Gasteiger partial charge in [-0.3, -0.25) is 0 Å². The Balaban J connectivity index is 1.90. The molecule has 0 aromatic heterocycles. The lowest BCUT2D eigenvalue weighted by Gasteiger charge is -2.56. The number of nitriles is 1. The van der Waals surface area contributed by atoms with Crippen LogP contribution in [0.3, 0.4) is 0 Å². The summed E-state index contributed by atoms with van der Waals surface area (Å²) in [6, 6.07) is 42.4. The lowest BCUT2D eigenvalue weighted by molar-refractivity contribution is 1.18. The summed E-state index contributed by atoms with van der Waals surface area (Å²) in [5.41, 5.74) is 5.02. The maximum atomic E-state index is 11.1. The van der Waals surface area contributed by atoms with Gasteiger partial charge in [-0.1, -0.05) is 121 Å². The van der Waals surface area contributed by atoms with Crippen LogP contribution in [0.5, 0.6) is 0 Å². The highest BCUT2D eigenvalue weighted by Crippen LogP contribution is 2.76. The minimum Gasteiger partial charge on any atom is -0.197 e. The molecule has 0 fully saturated rings. The number of hydrogen-bond donors (Lipinski definition) is 1. The van der Waals surface area contributed by atoms with Crippen molar-refractivity contribution in [3.8, 4) is 5.40 Å². The second-order valence-electron chi connectivity index (χ2n) is 8.65. The van der Waals surface area contributed by atoms with Crippen molar-refractivity contribution in [3.05, 3.63) is 144 Å². The molecule has 0 amide bonds. The van der Waals surface area contributed by atoms with Crippen LogP contribution in [0.1, 0.15) is 22.3 Å².